The first-order chi connectivity index (χ1) is 11.1. The molecule has 0 radical (unpaired) electrons. The normalized spacial score (nSPS) is 10.0. The van der Waals surface area contributed by atoms with Crippen LogP contribution in [0.5, 0.6) is 5.75 Å². The summed E-state index contributed by atoms with van der Waals surface area (Å²) in [5.41, 5.74) is 10.8. The van der Waals surface area contributed by atoms with E-state index in [1.54, 1.807) is 25.3 Å². The van der Waals surface area contributed by atoms with E-state index in [4.69, 9.17) is 15.0 Å². The fourth-order valence-electron chi connectivity index (χ4n) is 2.17. The average Bonchev–Trinajstić information content (AvgIpc) is 2.89. The zero-order valence-electron chi connectivity index (χ0n) is 13.1. The number of carbonyl (C=O) groups is 1. The molecule has 1 aromatic heterocycles. The molecule has 0 bridgehead atoms. The molecule has 0 amide bonds. The SMILES string of the molecule is CCOC(=O)c1cc(C)n(Cc2cccc(OCN=[N+]=[N-])c2)c1. The molecule has 0 fully saturated rings. The molecule has 7 heteroatoms. The highest BCUT2D eigenvalue weighted by atomic mass is 16.5. The molecule has 0 saturated carbocycles. The Morgan fingerprint density at radius 1 is 1.39 bits per heavy atom. The van der Waals surface area contributed by atoms with Gasteiger partial charge < -0.3 is 14.0 Å². The van der Waals surface area contributed by atoms with Crippen LogP contribution in [0.25, 0.3) is 10.4 Å². The molecule has 1 aromatic carbocycles. The predicted molar refractivity (Wildman–Crippen MR) is 85.3 cm³/mol. The Morgan fingerprint density at radius 2 is 2.22 bits per heavy atom. The van der Waals surface area contributed by atoms with Crippen LogP contribution in [0.4, 0.5) is 0 Å². The molecule has 0 atom stereocenters. The monoisotopic (exact) mass is 314 g/mol. The van der Waals surface area contributed by atoms with Crippen molar-refractivity contribution < 1.29 is 14.3 Å². The van der Waals surface area contributed by atoms with Crippen molar-refractivity contribution in [3.63, 3.8) is 0 Å². The summed E-state index contributed by atoms with van der Waals surface area (Å²) in [7, 11) is 0. The molecule has 2 rings (SSSR count). The minimum atomic E-state index is -0.319. The molecule has 120 valence electrons. The number of carbonyl (C=O) groups excluding carboxylic acids is 1. The van der Waals surface area contributed by atoms with Crippen molar-refractivity contribution in [1.82, 2.24) is 4.57 Å². The van der Waals surface area contributed by atoms with Gasteiger partial charge in [-0.2, -0.15) is 0 Å². The second-order valence-corrected chi connectivity index (χ2v) is 4.87. The zero-order chi connectivity index (χ0) is 16.7. The van der Waals surface area contributed by atoms with E-state index in [0.717, 1.165) is 11.3 Å². The van der Waals surface area contributed by atoms with E-state index in [1.807, 2.05) is 29.7 Å². The zero-order valence-corrected chi connectivity index (χ0v) is 13.1. The highest BCUT2D eigenvalue weighted by Crippen LogP contribution is 2.17. The number of ether oxygens (including phenoxy) is 2. The number of aryl methyl sites for hydroxylation is 1. The van der Waals surface area contributed by atoms with Gasteiger partial charge in [-0.1, -0.05) is 17.2 Å². The molecule has 1 heterocycles. The van der Waals surface area contributed by atoms with Gasteiger partial charge in [0, 0.05) is 23.3 Å². The van der Waals surface area contributed by atoms with Crippen molar-refractivity contribution in [3.05, 3.63) is 63.8 Å². The summed E-state index contributed by atoms with van der Waals surface area (Å²) in [6, 6.07) is 9.30. The number of esters is 1. The largest absolute Gasteiger partial charge is 0.488 e. The van der Waals surface area contributed by atoms with Crippen LogP contribution in [-0.4, -0.2) is 23.9 Å². The first kappa shape index (κ1) is 16.5. The second-order valence-electron chi connectivity index (χ2n) is 4.87. The molecule has 0 saturated heterocycles. The van der Waals surface area contributed by atoms with Crippen molar-refractivity contribution in [2.75, 3.05) is 13.3 Å². The molecular formula is C16H18N4O3. The Labute approximate surface area is 134 Å². The molecule has 0 aliphatic carbocycles. The highest BCUT2D eigenvalue weighted by Gasteiger charge is 2.11. The maximum Gasteiger partial charge on any atom is 0.339 e. The third kappa shape index (κ3) is 4.52. The predicted octanol–water partition coefficient (Wildman–Crippen LogP) is 3.67. The van der Waals surface area contributed by atoms with Crippen molar-refractivity contribution >= 4 is 5.97 Å². The molecule has 0 aliphatic heterocycles. The molecule has 0 N–H and O–H groups in total. The van der Waals surface area contributed by atoms with Crippen LogP contribution >= 0.6 is 0 Å². The topological polar surface area (TPSA) is 89.2 Å². The standard InChI is InChI=1S/C16H18N4O3/c1-3-22-16(21)14-7-12(2)20(10-14)9-13-5-4-6-15(8-13)23-11-18-19-17/h4-8,10H,3,9,11H2,1-2H3. The minimum absolute atomic E-state index is 0.0461. The van der Waals surface area contributed by atoms with Gasteiger partial charge in [0.2, 0.25) is 0 Å². The second kappa shape index (κ2) is 7.91. The number of hydrogen-bond acceptors (Lipinski definition) is 4. The summed E-state index contributed by atoms with van der Waals surface area (Å²) in [6.07, 6.45) is 1.78. The van der Waals surface area contributed by atoms with E-state index in [0.29, 0.717) is 24.5 Å². The number of nitrogens with zero attached hydrogens (tertiary/aromatic N) is 4. The fraction of sp³-hybridized carbons (Fsp3) is 0.312. The maximum absolute atomic E-state index is 11.8. The van der Waals surface area contributed by atoms with Gasteiger partial charge in [0.1, 0.15) is 5.75 Å². The Bertz CT molecular complexity index is 733. The molecule has 23 heavy (non-hydrogen) atoms. The van der Waals surface area contributed by atoms with Gasteiger partial charge in [0.05, 0.1) is 12.2 Å². The summed E-state index contributed by atoms with van der Waals surface area (Å²) >= 11 is 0. The van der Waals surface area contributed by atoms with Crippen molar-refractivity contribution in [3.8, 4) is 5.75 Å². The number of benzene rings is 1. The van der Waals surface area contributed by atoms with Gasteiger partial charge in [-0.3, -0.25) is 0 Å². The maximum atomic E-state index is 11.8. The number of hydrogen-bond donors (Lipinski definition) is 0. The van der Waals surface area contributed by atoms with E-state index in [-0.39, 0.29) is 12.7 Å². The number of aromatic nitrogens is 1. The molecular weight excluding hydrogens is 296 g/mol. The van der Waals surface area contributed by atoms with Gasteiger partial charge in [0.25, 0.3) is 0 Å². The van der Waals surface area contributed by atoms with Crippen LogP contribution in [0, 0.1) is 6.92 Å². The summed E-state index contributed by atoms with van der Waals surface area (Å²) < 4.78 is 12.3. The van der Waals surface area contributed by atoms with E-state index in [1.165, 1.54) is 0 Å². The molecule has 7 nitrogen and oxygen atoms in total. The minimum Gasteiger partial charge on any atom is -0.488 e. The third-order valence-corrected chi connectivity index (χ3v) is 3.23. The third-order valence-electron chi connectivity index (χ3n) is 3.23. The van der Waals surface area contributed by atoms with Gasteiger partial charge in [-0.15, -0.1) is 0 Å². The van der Waals surface area contributed by atoms with Crippen LogP contribution < -0.4 is 4.74 Å². The Balaban J connectivity index is 2.11. The Kier molecular flexibility index (Phi) is 5.66. The lowest BCUT2D eigenvalue weighted by molar-refractivity contribution is 0.0526. The first-order valence-electron chi connectivity index (χ1n) is 7.20. The lowest BCUT2D eigenvalue weighted by atomic mass is 10.2. The smallest absolute Gasteiger partial charge is 0.339 e. The van der Waals surface area contributed by atoms with Crippen molar-refractivity contribution in [2.24, 2.45) is 5.11 Å². The van der Waals surface area contributed by atoms with Gasteiger partial charge >= 0.3 is 5.97 Å². The first-order valence-corrected chi connectivity index (χ1v) is 7.20. The Hall–Kier alpha value is -2.92. The molecule has 0 unspecified atom stereocenters. The van der Waals surface area contributed by atoms with Gasteiger partial charge in [-0.25, -0.2) is 4.79 Å². The van der Waals surface area contributed by atoms with Crippen LogP contribution in [-0.2, 0) is 11.3 Å². The van der Waals surface area contributed by atoms with Crippen LogP contribution in [0.3, 0.4) is 0 Å². The highest BCUT2D eigenvalue weighted by molar-refractivity contribution is 5.89. The lowest BCUT2D eigenvalue weighted by Gasteiger charge is -2.08. The van der Waals surface area contributed by atoms with E-state index in [2.05, 4.69) is 10.0 Å². The summed E-state index contributed by atoms with van der Waals surface area (Å²) in [5.74, 6) is 0.311. The fourth-order valence-corrected chi connectivity index (χ4v) is 2.17. The van der Waals surface area contributed by atoms with Crippen LogP contribution in [0.2, 0.25) is 0 Å². The Morgan fingerprint density at radius 3 is 2.96 bits per heavy atom. The summed E-state index contributed by atoms with van der Waals surface area (Å²) in [4.78, 5) is 14.4. The number of azide groups is 1. The van der Waals surface area contributed by atoms with Crippen LogP contribution in [0.15, 0.2) is 41.6 Å². The van der Waals surface area contributed by atoms with Gasteiger partial charge in [-0.05, 0) is 43.1 Å². The lowest BCUT2D eigenvalue weighted by Crippen LogP contribution is -2.04. The summed E-state index contributed by atoms with van der Waals surface area (Å²) in [6.45, 7) is 4.63. The quantitative estimate of drug-likeness (QED) is 0.338. The van der Waals surface area contributed by atoms with Gasteiger partial charge in [0.15, 0.2) is 6.73 Å². The molecule has 0 spiro atoms. The van der Waals surface area contributed by atoms with E-state index < -0.39 is 0 Å². The number of rotatable bonds is 7. The average molecular weight is 314 g/mol. The molecule has 2 aromatic rings. The summed E-state index contributed by atoms with van der Waals surface area (Å²) in [5, 5.41) is 3.34. The van der Waals surface area contributed by atoms with E-state index >= 15 is 0 Å². The van der Waals surface area contributed by atoms with Crippen LogP contribution in [0.1, 0.15) is 28.5 Å². The molecule has 0 aliphatic rings. The van der Waals surface area contributed by atoms with Crippen molar-refractivity contribution in [1.29, 1.82) is 0 Å². The van der Waals surface area contributed by atoms with E-state index in [9.17, 15) is 4.79 Å². The van der Waals surface area contributed by atoms with Crippen molar-refractivity contribution in [2.45, 2.75) is 20.4 Å².